The van der Waals surface area contributed by atoms with Crippen molar-refractivity contribution in [3.8, 4) is 17.6 Å². The van der Waals surface area contributed by atoms with Crippen molar-refractivity contribution in [3.63, 3.8) is 0 Å². The summed E-state index contributed by atoms with van der Waals surface area (Å²) in [6, 6.07) is 3.45. The summed E-state index contributed by atoms with van der Waals surface area (Å²) in [4.78, 5) is 27.4. The molecule has 0 radical (unpaired) electrons. The number of carbonyl (C=O) groups excluding carboxylic acids is 1. The zero-order valence-electron chi connectivity index (χ0n) is 16.5. The van der Waals surface area contributed by atoms with Gasteiger partial charge in [-0.05, 0) is 24.6 Å². The van der Waals surface area contributed by atoms with Crippen LogP contribution in [-0.2, 0) is 11.0 Å². The highest BCUT2D eigenvalue weighted by Gasteiger charge is 2.50. The highest BCUT2D eigenvalue weighted by atomic mass is 19.4. The Labute approximate surface area is 169 Å². The number of aromatic hydroxyl groups is 1. The largest absolute Gasteiger partial charge is 0.493 e. The summed E-state index contributed by atoms with van der Waals surface area (Å²) in [5.74, 6) is -0.615. The number of benzene rings is 1. The Kier molecular flexibility index (Phi) is 4.11. The van der Waals surface area contributed by atoms with Crippen LogP contribution in [-0.4, -0.2) is 31.6 Å². The highest BCUT2D eigenvalue weighted by molar-refractivity contribution is 5.82. The number of nitriles is 1. The lowest BCUT2D eigenvalue weighted by Crippen LogP contribution is -2.43. The van der Waals surface area contributed by atoms with Crippen molar-refractivity contribution in [1.29, 1.82) is 5.26 Å². The van der Waals surface area contributed by atoms with Crippen LogP contribution >= 0.6 is 0 Å². The highest BCUT2D eigenvalue weighted by Crippen LogP contribution is 2.49. The molecule has 158 valence electrons. The molecule has 4 rings (SSSR count). The number of rotatable bonds is 1. The summed E-state index contributed by atoms with van der Waals surface area (Å²) < 4.78 is 42.1. The molecule has 10 heteroatoms. The third kappa shape index (κ3) is 2.72. The third-order valence-electron chi connectivity index (χ3n) is 5.65. The molecule has 1 saturated heterocycles. The topological polar surface area (TPSA) is 91.3 Å². The van der Waals surface area contributed by atoms with Crippen LogP contribution in [0.1, 0.15) is 56.1 Å². The van der Waals surface area contributed by atoms with Gasteiger partial charge in [-0.15, -0.1) is 0 Å². The summed E-state index contributed by atoms with van der Waals surface area (Å²) in [7, 11) is 0. The molecule has 30 heavy (non-hydrogen) atoms. The van der Waals surface area contributed by atoms with Gasteiger partial charge in [-0.3, -0.25) is 9.36 Å². The number of likely N-dealkylation sites (tertiary alicyclic amines) is 1. The van der Waals surface area contributed by atoms with Crippen LogP contribution in [0.5, 0.6) is 5.88 Å². The number of amides is 1. The molecule has 0 saturated carbocycles. The quantitative estimate of drug-likeness (QED) is 0.768. The van der Waals surface area contributed by atoms with E-state index in [9.17, 15) is 27.9 Å². The van der Waals surface area contributed by atoms with E-state index in [1.54, 1.807) is 25.7 Å². The second kappa shape index (κ2) is 6.14. The van der Waals surface area contributed by atoms with Gasteiger partial charge >= 0.3 is 11.9 Å². The van der Waals surface area contributed by atoms with Crippen LogP contribution in [0.25, 0.3) is 5.69 Å². The first-order valence-corrected chi connectivity index (χ1v) is 9.35. The van der Waals surface area contributed by atoms with E-state index in [4.69, 9.17) is 5.26 Å². The van der Waals surface area contributed by atoms with E-state index in [1.165, 1.54) is 16.7 Å². The molecule has 2 aliphatic heterocycles. The van der Waals surface area contributed by atoms with Crippen molar-refractivity contribution in [2.24, 2.45) is 5.41 Å². The van der Waals surface area contributed by atoms with Gasteiger partial charge in [0.15, 0.2) is 0 Å². The number of imidazole rings is 1. The van der Waals surface area contributed by atoms with Gasteiger partial charge in [0.05, 0.1) is 35.0 Å². The van der Waals surface area contributed by atoms with E-state index in [2.05, 4.69) is 0 Å². The standard InChI is InChI=1S/C20H19F3N4O3/c1-19(2,3)17(29)25-9-12-7-14(25)15-16(28)27(18(30)26(12)15)11-5-4-10(8-24)13(6-11)20(21,22)23/h4-6,12,14,28H,7,9H2,1-3H3/t12-,14-/m0/s1. The molecule has 1 fully saturated rings. The second-order valence-electron chi connectivity index (χ2n) is 8.65. The number of nitrogens with zero attached hydrogens (tertiary/aromatic N) is 4. The summed E-state index contributed by atoms with van der Waals surface area (Å²) >= 11 is 0. The number of aromatic nitrogens is 2. The Balaban J connectivity index is 1.84. The second-order valence-corrected chi connectivity index (χ2v) is 8.65. The Morgan fingerprint density at radius 2 is 1.93 bits per heavy atom. The molecular weight excluding hydrogens is 401 g/mol. The number of hydrogen-bond donors (Lipinski definition) is 1. The van der Waals surface area contributed by atoms with Gasteiger partial charge in [0, 0.05) is 12.0 Å². The van der Waals surface area contributed by atoms with Crippen LogP contribution in [0.2, 0.25) is 0 Å². The lowest BCUT2D eigenvalue weighted by Gasteiger charge is -2.32. The fraction of sp³-hybridized carbons (Fsp3) is 0.450. The predicted molar refractivity (Wildman–Crippen MR) is 99.0 cm³/mol. The lowest BCUT2D eigenvalue weighted by atomic mass is 9.94. The molecule has 7 nitrogen and oxygen atoms in total. The Morgan fingerprint density at radius 3 is 2.50 bits per heavy atom. The molecule has 0 unspecified atom stereocenters. The molecule has 2 bridgehead atoms. The maximum absolute atomic E-state index is 13.3. The van der Waals surface area contributed by atoms with Gasteiger partial charge in [-0.2, -0.15) is 18.4 Å². The molecule has 1 amide bonds. The van der Waals surface area contributed by atoms with E-state index in [0.717, 1.165) is 10.6 Å². The van der Waals surface area contributed by atoms with E-state index in [-0.39, 0.29) is 23.3 Å². The normalized spacial score (nSPS) is 20.4. The van der Waals surface area contributed by atoms with Gasteiger partial charge in [0.2, 0.25) is 11.8 Å². The Hall–Kier alpha value is -3.22. The van der Waals surface area contributed by atoms with E-state index >= 15 is 0 Å². The SMILES string of the molecule is CC(C)(C)C(=O)N1C[C@@H]2C[C@H]1c1c(O)n(-c3ccc(C#N)c(C(F)(F)F)c3)c(=O)n12. The van der Waals surface area contributed by atoms with Gasteiger partial charge in [-0.25, -0.2) is 9.36 Å². The fourth-order valence-electron chi connectivity index (χ4n) is 4.34. The van der Waals surface area contributed by atoms with Crippen molar-refractivity contribution < 1.29 is 23.1 Å². The maximum Gasteiger partial charge on any atom is 0.417 e. The smallest absolute Gasteiger partial charge is 0.417 e. The minimum atomic E-state index is -4.79. The van der Waals surface area contributed by atoms with Gasteiger partial charge < -0.3 is 10.0 Å². The van der Waals surface area contributed by atoms with Crippen molar-refractivity contribution in [2.75, 3.05) is 6.54 Å². The van der Waals surface area contributed by atoms with E-state index < -0.39 is 40.3 Å². The molecule has 0 aliphatic carbocycles. The number of hydrogen-bond acceptors (Lipinski definition) is 4. The molecule has 2 aliphatic rings. The molecule has 1 aromatic carbocycles. The number of fused-ring (bicyclic) bond motifs is 5. The van der Waals surface area contributed by atoms with Crippen molar-refractivity contribution in [2.45, 2.75) is 45.5 Å². The molecular formula is C20H19F3N4O3. The van der Waals surface area contributed by atoms with Crippen LogP contribution in [0.15, 0.2) is 23.0 Å². The summed E-state index contributed by atoms with van der Waals surface area (Å²) in [6.07, 6.45) is -4.32. The fourth-order valence-corrected chi connectivity index (χ4v) is 4.34. The number of halogens is 3. The van der Waals surface area contributed by atoms with Crippen molar-refractivity contribution in [3.05, 3.63) is 45.5 Å². The maximum atomic E-state index is 13.3. The van der Waals surface area contributed by atoms with Crippen LogP contribution in [0, 0.1) is 16.7 Å². The average Bonchev–Trinajstić information content (AvgIpc) is 3.30. The first-order chi connectivity index (χ1) is 13.9. The van der Waals surface area contributed by atoms with Crippen LogP contribution < -0.4 is 5.69 Å². The molecule has 0 spiro atoms. The minimum absolute atomic E-state index is 0.126. The van der Waals surface area contributed by atoms with Crippen LogP contribution in [0.4, 0.5) is 13.2 Å². The Morgan fingerprint density at radius 1 is 1.27 bits per heavy atom. The van der Waals surface area contributed by atoms with E-state index in [0.29, 0.717) is 19.0 Å². The van der Waals surface area contributed by atoms with Gasteiger partial charge in [0.25, 0.3) is 0 Å². The third-order valence-corrected chi connectivity index (χ3v) is 5.65. The zero-order valence-corrected chi connectivity index (χ0v) is 16.5. The first kappa shape index (κ1) is 20.1. The van der Waals surface area contributed by atoms with Crippen molar-refractivity contribution >= 4 is 5.91 Å². The molecule has 2 atom stereocenters. The van der Waals surface area contributed by atoms with E-state index in [1.807, 2.05) is 0 Å². The predicted octanol–water partition coefficient (Wildman–Crippen LogP) is 3.11. The summed E-state index contributed by atoms with van der Waals surface area (Å²) in [5.41, 5.74) is -3.05. The molecule has 1 aromatic heterocycles. The van der Waals surface area contributed by atoms with Gasteiger partial charge in [0.1, 0.15) is 5.69 Å². The zero-order chi connectivity index (χ0) is 22.2. The minimum Gasteiger partial charge on any atom is -0.493 e. The Bertz CT molecular complexity index is 1160. The van der Waals surface area contributed by atoms with Gasteiger partial charge in [-0.1, -0.05) is 20.8 Å². The first-order valence-electron chi connectivity index (χ1n) is 9.35. The van der Waals surface area contributed by atoms with Crippen LogP contribution in [0.3, 0.4) is 0 Å². The lowest BCUT2D eigenvalue weighted by molar-refractivity contribution is -0.141. The number of alkyl halides is 3. The monoisotopic (exact) mass is 420 g/mol. The molecule has 1 N–H and O–H groups in total. The van der Waals surface area contributed by atoms with Crippen molar-refractivity contribution in [1.82, 2.24) is 14.0 Å². The molecule has 3 heterocycles. The molecule has 2 aromatic rings. The number of carbonyl (C=O) groups is 1. The summed E-state index contributed by atoms with van der Waals surface area (Å²) in [5, 5.41) is 19.7. The summed E-state index contributed by atoms with van der Waals surface area (Å²) in [6.45, 7) is 5.62. The average molecular weight is 420 g/mol.